The van der Waals surface area contributed by atoms with Gasteiger partial charge in [-0.2, -0.15) is 4.98 Å². The highest BCUT2D eigenvalue weighted by molar-refractivity contribution is 6.18. The van der Waals surface area contributed by atoms with Crippen LogP contribution in [0.5, 0.6) is 5.88 Å². The van der Waals surface area contributed by atoms with E-state index < -0.39 is 0 Å². The molecule has 0 bridgehead atoms. The third-order valence-electron chi connectivity index (χ3n) is 2.57. The first-order valence-electron chi connectivity index (χ1n) is 5.92. The maximum Gasteiger partial charge on any atom is 0.234 e. The molecule has 0 saturated carbocycles. The molecule has 1 aromatic rings. The summed E-state index contributed by atoms with van der Waals surface area (Å²) in [4.78, 5) is 8.43. The number of alkyl halides is 1. The summed E-state index contributed by atoms with van der Waals surface area (Å²) in [5, 5.41) is 3.29. The number of rotatable bonds is 7. The van der Waals surface area contributed by atoms with Crippen LogP contribution in [0.1, 0.15) is 33.6 Å². The summed E-state index contributed by atoms with van der Waals surface area (Å²) in [5.41, 5.74) is -0.167. The lowest BCUT2D eigenvalue weighted by Crippen LogP contribution is -2.36. The molecular weight excluding hydrogens is 238 g/mol. The molecule has 0 aliphatic heterocycles. The number of hydrogen-bond donors (Lipinski definition) is 1. The minimum absolute atomic E-state index is 0.167. The molecule has 0 radical (unpaired) electrons. The van der Waals surface area contributed by atoms with Crippen molar-refractivity contribution in [2.45, 2.75) is 39.2 Å². The average molecular weight is 258 g/mol. The van der Waals surface area contributed by atoms with Gasteiger partial charge in [-0.05, 0) is 19.8 Å². The van der Waals surface area contributed by atoms with Crippen molar-refractivity contribution in [3.8, 4) is 5.88 Å². The Morgan fingerprint density at radius 3 is 2.76 bits per heavy atom. The molecule has 0 saturated heterocycles. The van der Waals surface area contributed by atoms with Gasteiger partial charge in [-0.25, -0.2) is 0 Å². The lowest BCUT2D eigenvalue weighted by atomic mass is 10.0. The van der Waals surface area contributed by atoms with Crippen molar-refractivity contribution in [1.29, 1.82) is 0 Å². The first-order chi connectivity index (χ1) is 8.13. The van der Waals surface area contributed by atoms with Gasteiger partial charge in [0.25, 0.3) is 0 Å². The number of halogens is 1. The van der Waals surface area contributed by atoms with Gasteiger partial charge in [-0.15, -0.1) is 11.6 Å². The van der Waals surface area contributed by atoms with E-state index in [9.17, 15) is 0 Å². The molecule has 1 aromatic heterocycles. The maximum atomic E-state index is 5.94. The zero-order valence-electron chi connectivity index (χ0n) is 10.7. The van der Waals surface area contributed by atoms with Gasteiger partial charge in [-0.1, -0.05) is 13.8 Å². The van der Waals surface area contributed by atoms with Gasteiger partial charge >= 0.3 is 0 Å². The molecule has 1 rings (SSSR count). The Kier molecular flexibility index (Phi) is 5.48. The summed E-state index contributed by atoms with van der Waals surface area (Å²) in [6, 6.07) is 0. The number of anilines is 1. The highest BCUT2D eigenvalue weighted by Crippen LogP contribution is 2.19. The lowest BCUT2D eigenvalue weighted by molar-refractivity contribution is 0.304. The van der Waals surface area contributed by atoms with Crippen LogP contribution in [0, 0.1) is 0 Å². The highest BCUT2D eigenvalue weighted by Gasteiger charge is 2.21. The quantitative estimate of drug-likeness (QED) is 0.763. The lowest BCUT2D eigenvalue weighted by Gasteiger charge is -2.27. The second-order valence-electron chi connectivity index (χ2n) is 4.26. The van der Waals surface area contributed by atoms with E-state index in [0.29, 0.717) is 24.2 Å². The highest BCUT2D eigenvalue weighted by atomic mass is 35.5. The molecule has 1 unspecified atom stereocenters. The second kappa shape index (κ2) is 6.64. The summed E-state index contributed by atoms with van der Waals surface area (Å²) < 4.78 is 5.43. The molecule has 1 N–H and O–H groups in total. The minimum Gasteiger partial charge on any atom is -0.477 e. The zero-order valence-corrected chi connectivity index (χ0v) is 11.4. The van der Waals surface area contributed by atoms with Crippen molar-refractivity contribution in [2.24, 2.45) is 0 Å². The largest absolute Gasteiger partial charge is 0.477 e. The molecule has 5 heteroatoms. The molecule has 0 aromatic carbocycles. The molecular formula is C12H20ClN3O. The predicted octanol–water partition coefficient (Wildman–Crippen LogP) is 3.08. The van der Waals surface area contributed by atoms with Crippen LogP contribution in [0.3, 0.4) is 0 Å². The van der Waals surface area contributed by atoms with E-state index in [1.54, 1.807) is 12.4 Å². The topological polar surface area (TPSA) is 47.0 Å². The first-order valence-corrected chi connectivity index (χ1v) is 6.46. The number of nitrogens with zero attached hydrogens (tertiary/aromatic N) is 2. The molecule has 0 aliphatic rings. The third-order valence-corrected chi connectivity index (χ3v) is 3.16. The van der Waals surface area contributed by atoms with E-state index in [4.69, 9.17) is 16.3 Å². The molecule has 0 fully saturated rings. The summed E-state index contributed by atoms with van der Waals surface area (Å²) in [6.45, 7) is 6.84. The summed E-state index contributed by atoms with van der Waals surface area (Å²) >= 11 is 5.94. The fourth-order valence-electron chi connectivity index (χ4n) is 1.21. The molecule has 96 valence electrons. The van der Waals surface area contributed by atoms with Gasteiger partial charge < -0.3 is 10.1 Å². The number of hydrogen-bond acceptors (Lipinski definition) is 4. The van der Waals surface area contributed by atoms with Gasteiger partial charge in [0.15, 0.2) is 0 Å². The third kappa shape index (κ3) is 4.38. The van der Waals surface area contributed by atoms with Crippen molar-refractivity contribution >= 4 is 17.4 Å². The normalized spacial score (nSPS) is 14.1. The SMILES string of the molecule is CCCOc1cncc(NC(C)(CC)CCl)n1. The van der Waals surface area contributed by atoms with Crippen LogP contribution in [0.15, 0.2) is 12.4 Å². The van der Waals surface area contributed by atoms with E-state index in [2.05, 4.69) is 36.1 Å². The smallest absolute Gasteiger partial charge is 0.234 e. The van der Waals surface area contributed by atoms with Crippen LogP contribution in [0.2, 0.25) is 0 Å². The van der Waals surface area contributed by atoms with Gasteiger partial charge in [0.05, 0.1) is 19.0 Å². The number of ether oxygens (including phenoxy) is 1. The van der Waals surface area contributed by atoms with Crippen LogP contribution in [-0.2, 0) is 0 Å². The van der Waals surface area contributed by atoms with Gasteiger partial charge in [0.2, 0.25) is 5.88 Å². The van der Waals surface area contributed by atoms with E-state index in [0.717, 1.165) is 12.8 Å². The molecule has 0 amide bonds. The molecule has 17 heavy (non-hydrogen) atoms. The molecule has 4 nitrogen and oxygen atoms in total. The van der Waals surface area contributed by atoms with E-state index in [-0.39, 0.29) is 5.54 Å². The molecule has 1 atom stereocenters. The minimum atomic E-state index is -0.167. The zero-order chi connectivity index (χ0) is 12.7. The van der Waals surface area contributed by atoms with Crippen LogP contribution >= 0.6 is 11.6 Å². The first kappa shape index (κ1) is 14.0. The van der Waals surface area contributed by atoms with Crippen molar-refractivity contribution < 1.29 is 4.74 Å². The van der Waals surface area contributed by atoms with Gasteiger partial charge in [-0.3, -0.25) is 4.98 Å². The summed E-state index contributed by atoms with van der Waals surface area (Å²) in [7, 11) is 0. The van der Waals surface area contributed by atoms with Crippen LogP contribution in [-0.4, -0.2) is 28.0 Å². The number of nitrogens with one attached hydrogen (secondary N) is 1. The van der Waals surface area contributed by atoms with Gasteiger partial charge in [0, 0.05) is 11.4 Å². The standard InChI is InChI=1S/C12H20ClN3O/c1-4-6-17-11-8-14-7-10(15-11)16-12(3,5-2)9-13/h7-8H,4-6,9H2,1-3H3,(H,15,16). The van der Waals surface area contributed by atoms with Crippen LogP contribution in [0.4, 0.5) is 5.82 Å². The Morgan fingerprint density at radius 2 is 2.18 bits per heavy atom. The summed E-state index contributed by atoms with van der Waals surface area (Å²) in [6.07, 6.45) is 5.16. The van der Waals surface area contributed by atoms with E-state index in [1.165, 1.54) is 0 Å². The van der Waals surface area contributed by atoms with Gasteiger partial charge in [0.1, 0.15) is 5.82 Å². The molecule has 0 aliphatic carbocycles. The van der Waals surface area contributed by atoms with Crippen LogP contribution < -0.4 is 10.1 Å². The Hall–Kier alpha value is -1.03. The van der Waals surface area contributed by atoms with Crippen molar-refractivity contribution in [3.63, 3.8) is 0 Å². The maximum absolute atomic E-state index is 5.94. The Labute approximate surface area is 108 Å². The Bertz CT molecular complexity index is 342. The Morgan fingerprint density at radius 1 is 1.41 bits per heavy atom. The van der Waals surface area contributed by atoms with Crippen molar-refractivity contribution in [3.05, 3.63) is 12.4 Å². The average Bonchev–Trinajstić information content (AvgIpc) is 2.36. The Balaban J connectivity index is 2.71. The second-order valence-corrected chi connectivity index (χ2v) is 4.53. The summed E-state index contributed by atoms with van der Waals surface area (Å²) in [5.74, 6) is 1.76. The van der Waals surface area contributed by atoms with Crippen LogP contribution in [0.25, 0.3) is 0 Å². The monoisotopic (exact) mass is 257 g/mol. The fourth-order valence-corrected chi connectivity index (χ4v) is 1.47. The predicted molar refractivity (Wildman–Crippen MR) is 70.9 cm³/mol. The van der Waals surface area contributed by atoms with E-state index >= 15 is 0 Å². The van der Waals surface area contributed by atoms with E-state index in [1.807, 2.05) is 0 Å². The molecule has 0 spiro atoms. The fraction of sp³-hybridized carbons (Fsp3) is 0.667. The van der Waals surface area contributed by atoms with Crippen molar-refractivity contribution in [2.75, 3.05) is 17.8 Å². The molecule has 1 heterocycles. The number of aromatic nitrogens is 2. The van der Waals surface area contributed by atoms with Crippen molar-refractivity contribution in [1.82, 2.24) is 9.97 Å².